The number of ether oxygens (including phenoxy) is 1. The molecule has 3 aromatic rings. The van der Waals surface area contributed by atoms with Crippen molar-refractivity contribution < 1.29 is 31.3 Å². The summed E-state index contributed by atoms with van der Waals surface area (Å²) >= 11 is 0. The van der Waals surface area contributed by atoms with E-state index in [9.17, 15) is 9.59 Å². The highest BCUT2D eigenvalue weighted by Gasteiger charge is 2.57. The van der Waals surface area contributed by atoms with Gasteiger partial charge in [0, 0.05) is 0 Å². The molecule has 0 aliphatic heterocycles. The molecule has 0 N–H and O–H groups in total. The molecule has 3 aromatic carbocycles. The summed E-state index contributed by atoms with van der Waals surface area (Å²) in [6.07, 6.45) is 0. The van der Waals surface area contributed by atoms with Gasteiger partial charge in [-0.25, -0.2) is 9.59 Å². The van der Waals surface area contributed by atoms with Crippen molar-refractivity contribution >= 4 is 34.7 Å². The summed E-state index contributed by atoms with van der Waals surface area (Å²) in [6.45, 7) is 1.88. The minimum Gasteiger partial charge on any atom is -1.00 e. The topological polar surface area (TPSA) is 43.4 Å². The van der Waals surface area contributed by atoms with Crippen molar-refractivity contribution in [1.29, 1.82) is 0 Å². The third-order valence-corrected chi connectivity index (χ3v) is 8.20. The van der Waals surface area contributed by atoms with Gasteiger partial charge in [-0.3, -0.25) is 0 Å². The molecule has 27 heavy (non-hydrogen) atoms. The van der Waals surface area contributed by atoms with Crippen LogP contribution in [0.1, 0.15) is 6.92 Å². The Hall–Kier alpha value is -2.29. The van der Waals surface area contributed by atoms with Crippen LogP contribution in [0.3, 0.4) is 0 Å². The van der Waals surface area contributed by atoms with Crippen molar-refractivity contribution in [3.05, 3.63) is 91.0 Å². The zero-order valence-corrected chi connectivity index (χ0v) is 17.4. The van der Waals surface area contributed by atoms with Crippen molar-refractivity contribution in [2.75, 3.05) is 6.61 Å². The zero-order valence-electron chi connectivity index (χ0n) is 14.9. The summed E-state index contributed by atoms with van der Waals surface area (Å²) in [7, 11) is -2.84. The van der Waals surface area contributed by atoms with Gasteiger partial charge in [0.1, 0.15) is 15.9 Å². The Morgan fingerprint density at radius 2 is 1.04 bits per heavy atom. The maximum atomic E-state index is 13.5. The fourth-order valence-corrected chi connectivity index (χ4v) is 6.88. The minimum atomic E-state index is -2.84. The van der Waals surface area contributed by atoms with Crippen molar-refractivity contribution in [1.82, 2.24) is 0 Å². The molecule has 0 atom stereocenters. The molecule has 0 aliphatic rings. The first kappa shape index (κ1) is 21.0. The number of benzene rings is 3. The van der Waals surface area contributed by atoms with E-state index in [4.69, 9.17) is 4.74 Å². The van der Waals surface area contributed by atoms with Crippen LogP contribution in [-0.4, -0.2) is 18.1 Å². The molecule has 0 amide bonds. The number of hydrogen-bond donors (Lipinski definition) is 0. The van der Waals surface area contributed by atoms with Gasteiger partial charge < -0.3 is 21.7 Å². The Morgan fingerprint density at radius 1 is 0.704 bits per heavy atom. The van der Waals surface area contributed by atoms with Gasteiger partial charge in [-0.15, -0.1) is 0 Å². The van der Waals surface area contributed by atoms with E-state index in [1.165, 1.54) is 0 Å². The maximum absolute atomic E-state index is 13.5. The first-order valence-electron chi connectivity index (χ1n) is 8.48. The Morgan fingerprint density at radius 3 is 1.33 bits per heavy atom. The summed E-state index contributed by atoms with van der Waals surface area (Å²) in [5.41, 5.74) is -0.483. The molecule has 3 nitrogen and oxygen atoms in total. The van der Waals surface area contributed by atoms with Crippen molar-refractivity contribution in [2.45, 2.75) is 6.92 Å². The second-order valence-electron chi connectivity index (χ2n) is 5.70. The monoisotopic (exact) mass is 442 g/mol. The molecule has 0 aliphatic carbocycles. The molecule has 0 saturated heterocycles. The summed E-state index contributed by atoms with van der Waals surface area (Å²) in [4.78, 5) is 26.1. The highest BCUT2D eigenvalue weighted by atomic mass is 79.9. The number of rotatable bonds is 6. The largest absolute Gasteiger partial charge is 1.00 e. The molecule has 0 spiro atoms. The Kier molecular flexibility index (Phi) is 7.46. The normalized spacial score (nSPS) is 10.6. The number of esters is 1. The van der Waals surface area contributed by atoms with Gasteiger partial charge in [-0.1, -0.05) is 54.6 Å². The van der Waals surface area contributed by atoms with Crippen LogP contribution < -0.4 is 32.9 Å². The van der Waals surface area contributed by atoms with Gasteiger partial charge >= 0.3 is 11.5 Å². The number of hydrogen-bond acceptors (Lipinski definition) is 3. The van der Waals surface area contributed by atoms with Gasteiger partial charge in [0.25, 0.3) is 0 Å². The number of halogens is 1. The lowest BCUT2D eigenvalue weighted by Gasteiger charge is -2.24. The predicted molar refractivity (Wildman–Crippen MR) is 107 cm³/mol. The molecular weight excluding hydrogens is 423 g/mol. The van der Waals surface area contributed by atoms with E-state index in [-0.39, 0.29) is 23.6 Å². The molecule has 5 heteroatoms. The SMILES string of the molecule is CCOC(=O)C(=O)[P+](c1ccccc1)(c1ccccc1)c1ccccc1.[Br-]. The molecule has 0 bridgehead atoms. The van der Waals surface area contributed by atoms with E-state index in [2.05, 4.69) is 0 Å². The number of carbonyl (C=O) groups is 2. The highest BCUT2D eigenvalue weighted by Crippen LogP contribution is 2.56. The van der Waals surface area contributed by atoms with Crippen molar-refractivity contribution in [3.8, 4) is 0 Å². The summed E-state index contributed by atoms with van der Waals surface area (Å²) in [5, 5.41) is 2.53. The Balaban J connectivity index is 0.00000261. The predicted octanol–water partition coefficient (Wildman–Crippen LogP) is 0.0742. The van der Waals surface area contributed by atoms with Crippen LogP contribution in [0.5, 0.6) is 0 Å². The summed E-state index contributed by atoms with van der Waals surface area (Å²) < 4.78 is 5.11. The third kappa shape index (κ3) is 4.02. The Bertz CT molecular complexity index is 787. The lowest BCUT2D eigenvalue weighted by molar-refractivity contribution is -0.149. The van der Waals surface area contributed by atoms with Gasteiger partial charge in [-0.05, 0) is 43.3 Å². The highest BCUT2D eigenvalue weighted by molar-refractivity contribution is 8.09. The first-order valence-corrected chi connectivity index (χ1v) is 10.3. The van der Waals surface area contributed by atoms with Crippen LogP contribution in [0.2, 0.25) is 0 Å². The molecule has 138 valence electrons. The molecule has 0 heterocycles. The van der Waals surface area contributed by atoms with Gasteiger partial charge in [0.15, 0.2) is 7.26 Å². The number of carbonyl (C=O) groups excluding carboxylic acids is 2. The van der Waals surface area contributed by atoms with E-state index in [0.717, 1.165) is 15.9 Å². The molecule has 0 radical (unpaired) electrons. The molecule has 0 saturated carbocycles. The molecule has 3 rings (SSSR count). The van der Waals surface area contributed by atoms with Crippen molar-refractivity contribution in [2.24, 2.45) is 0 Å². The fourth-order valence-electron chi connectivity index (χ4n) is 3.08. The average Bonchev–Trinajstić information content (AvgIpc) is 2.71. The van der Waals surface area contributed by atoms with Crippen LogP contribution in [0, 0.1) is 0 Å². The van der Waals surface area contributed by atoms with Crippen molar-refractivity contribution in [3.63, 3.8) is 0 Å². The summed E-state index contributed by atoms with van der Waals surface area (Å²) in [6, 6.07) is 28.6. The third-order valence-electron chi connectivity index (χ3n) is 4.19. The maximum Gasteiger partial charge on any atom is 0.417 e. The second-order valence-corrected chi connectivity index (χ2v) is 9.00. The van der Waals surface area contributed by atoms with Gasteiger partial charge in [-0.2, -0.15) is 0 Å². The van der Waals surface area contributed by atoms with Gasteiger partial charge in [0.05, 0.1) is 6.61 Å². The lowest BCUT2D eigenvalue weighted by atomic mass is 10.4. The molecule has 0 fully saturated rings. The molecular formula is C22H20BrO3P. The fraction of sp³-hybridized carbons (Fsp3) is 0.0909. The Labute approximate surface area is 170 Å². The average molecular weight is 443 g/mol. The quantitative estimate of drug-likeness (QED) is 0.308. The van der Waals surface area contributed by atoms with Crippen LogP contribution in [-0.2, 0) is 14.3 Å². The molecule has 0 aromatic heterocycles. The minimum absolute atomic E-state index is 0. The standard InChI is InChI=1S/C22H20O3P.BrH/c1-2-25-21(23)22(24)26(18-12-6-3-7-13-18,19-14-8-4-9-15-19)20-16-10-5-11-17-20;/h3-17H,2H2,1H3;1H/q+1;/p-1. The van der Waals surface area contributed by atoms with E-state index in [1.807, 2.05) is 91.0 Å². The van der Waals surface area contributed by atoms with Crippen LogP contribution in [0.4, 0.5) is 0 Å². The van der Waals surface area contributed by atoms with Crippen LogP contribution in [0.15, 0.2) is 91.0 Å². The second kappa shape index (κ2) is 9.59. The lowest BCUT2D eigenvalue weighted by Crippen LogP contribution is -3.00. The molecule has 0 unspecified atom stereocenters. The van der Waals surface area contributed by atoms with Gasteiger partial charge in [0.2, 0.25) is 0 Å². The van der Waals surface area contributed by atoms with E-state index in [1.54, 1.807) is 6.92 Å². The van der Waals surface area contributed by atoms with Crippen LogP contribution >= 0.6 is 7.26 Å². The van der Waals surface area contributed by atoms with E-state index >= 15 is 0 Å². The van der Waals surface area contributed by atoms with Crippen LogP contribution in [0.25, 0.3) is 0 Å². The zero-order chi connectivity index (χ0) is 18.4. The first-order chi connectivity index (χ1) is 12.7. The smallest absolute Gasteiger partial charge is 0.417 e. The van der Waals surface area contributed by atoms with E-state index < -0.39 is 18.8 Å². The van der Waals surface area contributed by atoms with E-state index in [0.29, 0.717) is 0 Å². The summed E-state index contributed by atoms with van der Waals surface area (Å²) in [5.74, 6) is -0.780.